The molecule has 5 rings (SSSR count). The molecule has 2 N–H and O–H groups in total. The first-order chi connectivity index (χ1) is 14.6. The van der Waals surface area contributed by atoms with E-state index in [0.29, 0.717) is 33.1 Å². The molecule has 4 heterocycles. The molecule has 4 aromatic heterocycles. The molecule has 0 spiro atoms. The van der Waals surface area contributed by atoms with E-state index >= 15 is 0 Å². The summed E-state index contributed by atoms with van der Waals surface area (Å²) >= 11 is 6.36. The molecule has 0 saturated carbocycles. The number of H-pyrrole nitrogens is 1. The molecule has 148 valence electrons. The Bertz CT molecular complexity index is 1430. The molecule has 0 aliphatic carbocycles. The van der Waals surface area contributed by atoms with Crippen LogP contribution in [0.2, 0.25) is 5.02 Å². The van der Waals surface area contributed by atoms with Crippen LogP contribution in [0.3, 0.4) is 0 Å². The maximum absolute atomic E-state index is 13.5. The van der Waals surface area contributed by atoms with E-state index in [-0.39, 0.29) is 11.6 Å². The molecule has 0 radical (unpaired) electrons. The van der Waals surface area contributed by atoms with Gasteiger partial charge in [0, 0.05) is 11.9 Å². The molecule has 30 heavy (non-hydrogen) atoms. The Labute approximate surface area is 175 Å². The van der Waals surface area contributed by atoms with Crippen LogP contribution in [0.25, 0.3) is 27.6 Å². The Balaban J connectivity index is 1.71. The Morgan fingerprint density at radius 3 is 2.90 bits per heavy atom. The second-order valence-corrected chi connectivity index (χ2v) is 7.22. The van der Waals surface area contributed by atoms with Crippen LogP contribution in [0.15, 0.2) is 66.2 Å². The van der Waals surface area contributed by atoms with E-state index in [9.17, 15) is 4.79 Å². The number of rotatable bonds is 4. The van der Waals surface area contributed by atoms with E-state index in [2.05, 4.69) is 30.2 Å². The van der Waals surface area contributed by atoms with Crippen LogP contribution >= 0.6 is 11.6 Å². The predicted molar refractivity (Wildman–Crippen MR) is 116 cm³/mol. The van der Waals surface area contributed by atoms with E-state index < -0.39 is 0 Å². The number of hydrogen-bond donors (Lipinski definition) is 2. The number of nitrogens with zero attached hydrogens (tertiary/aromatic N) is 5. The largest absolute Gasteiger partial charge is 0.360 e. The lowest BCUT2D eigenvalue weighted by Crippen LogP contribution is -2.26. The smallest absolute Gasteiger partial charge is 0.264 e. The zero-order valence-corrected chi connectivity index (χ0v) is 16.6. The minimum atomic E-state index is -0.281. The van der Waals surface area contributed by atoms with Gasteiger partial charge in [0.05, 0.1) is 34.7 Å². The number of imidazole rings is 1. The lowest BCUT2D eigenvalue weighted by Gasteiger charge is -2.21. The molecule has 1 atom stereocenters. The molecule has 8 nitrogen and oxygen atoms in total. The number of aromatic nitrogens is 6. The molecule has 5 aromatic rings. The molecule has 0 saturated heterocycles. The second-order valence-electron chi connectivity index (χ2n) is 6.81. The number of fused-ring (bicyclic) bond motifs is 2. The normalized spacial score (nSPS) is 12.3. The number of pyridine rings is 2. The summed E-state index contributed by atoms with van der Waals surface area (Å²) in [4.78, 5) is 33.4. The first-order valence-corrected chi connectivity index (χ1v) is 9.66. The fourth-order valence-corrected chi connectivity index (χ4v) is 3.82. The summed E-state index contributed by atoms with van der Waals surface area (Å²) in [5.74, 6) is 0.574. The van der Waals surface area contributed by atoms with Gasteiger partial charge in [-0.05, 0) is 36.6 Å². The van der Waals surface area contributed by atoms with Crippen molar-refractivity contribution in [1.29, 1.82) is 0 Å². The third kappa shape index (κ3) is 2.98. The summed E-state index contributed by atoms with van der Waals surface area (Å²) in [6.45, 7) is 1.96. The van der Waals surface area contributed by atoms with Gasteiger partial charge in [0.1, 0.15) is 11.8 Å². The van der Waals surface area contributed by atoms with Crippen molar-refractivity contribution in [2.24, 2.45) is 0 Å². The predicted octanol–water partition coefficient (Wildman–Crippen LogP) is 3.88. The topological polar surface area (TPSA) is 101 Å². The standard InChI is InChI=1S/C21H16ClN7O/c1-12(28-20-18-19(25-10-24-18)26-11-27-20)16-8-13-4-2-6-15(22)17(13)21(30)29(16)14-5-3-7-23-9-14/h2-12H,1H3,(H2,24,25,26,27,28)/t12-/m1/s1. The van der Waals surface area contributed by atoms with Gasteiger partial charge in [-0.3, -0.25) is 14.3 Å². The molecule has 0 unspecified atom stereocenters. The zero-order chi connectivity index (χ0) is 20.7. The minimum absolute atomic E-state index is 0.206. The van der Waals surface area contributed by atoms with Gasteiger partial charge >= 0.3 is 0 Å². The Kier molecular flexibility index (Phi) is 4.40. The molecule has 0 amide bonds. The van der Waals surface area contributed by atoms with E-state index in [4.69, 9.17) is 11.6 Å². The van der Waals surface area contributed by atoms with Gasteiger partial charge in [-0.2, -0.15) is 0 Å². The second kappa shape index (κ2) is 7.23. The van der Waals surface area contributed by atoms with Crippen molar-refractivity contribution in [2.45, 2.75) is 13.0 Å². The SMILES string of the molecule is C[C@@H](Nc1ncnc2[nH]cnc12)c1cc2cccc(Cl)c2c(=O)n1-c1cccnc1. The highest BCUT2D eigenvalue weighted by molar-refractivity contribution is 6.35. The molecule has 9 heteroatoms. The quantitative estimate of drug-likeness (QED) is 0.460. The fraction of sp³-hybridized carbons (Fsp3) is 0.0952. The van der Waals surface area contributed by atoms with Crippen molar-refractivity contribution in [2.75, 3.05) is 5.32 Å². The van der Waals surface area contributed by atoms with Crippen LogP contribution in [-0.4, -0.2) is 29.5 Å². The highest BCUT2D eigenvalue weighted by Gasteiger charge is 2.19. The third-order valence-corrected chi connectivity index (χ3v) is 5.26. The number of benzene rings is 1. The average Bonchev–Trinajstić information content (AvgIpc) is 3.24. The van der Waals surface area contributed by atoms with Gasteiger partial charge in [-0.15, -0.1) is 0 Å². The van der Waals surface area contributed by atoms with Crippen molar-refractivity contribution in [3.63, 3.8) is 0 Å². The highest BCUT2D eigenvalue weighted by atomic mass is 35.5. The number of hydrogen-bond acceptors (Lipinski definition) is 6. The van der Waals surface area contributed by atoms with Gasteiger partial charge in [0.15, 0.2) is 11.5 Å². The Morgan fingerprint density at radius 1 is 1.17 bits per heavy atom. The van der Waals surface area contributed by atoms with Gasteiger partial charge in [0.25, 0.3) is 5.56 Å². The maximum atomic E-state index is 13.5. The lowest BCUT2D eigenvalue weighted by atomic mass is 10.1. The molecular formula is C21H16ClN7O. The van der Waals surface area contributed by atoms with Crippen LogP contribution in [0.1, 0.15) is 18.7 Å². The summed E-state index contributed by atoms with van der Waals surface area (Å²) in [7, 11) is 0. The van der Waals surface area contributed by atoms with E-state index in [0.717, 1.165) is 11.1 Å². The molecular weight excluding hydrogens is 402 g/mol. The monoisotopic (exact) mass is 417 g/mol. The van der Waals surface area contributed by atoms with Crippen LogP contribution in [-0.2, 0) is 0 Å². The molecule has 0 aliphatic rings. The first-order valence-electron chi connectivity index (χ1n) is 9.28. The number of aromatic amines is 1. The van der Waals surface area contributed by atoms with Gasteiger partial charge in [-0.25, -0.2) is 15.0 Å². The van der Waals surface area contributed by atoms with Crippen LogP contribution in [0.4, 0.5) is 5.82 Å². The third-order valence-electron chi connectivity index (χ3n) is 4.94. The molecule has 0 bridgehead atoms. The van der Waals surface area contributed by atoms with E-state index in [1.165, 1.54) is 6.33 Å². The first kappa shape index (κ1) is 18.3. The summed E-state index contributed by atoms with van der Waals surface area (Å²) in [5.41, 5.74) is 2.45. The fourth-order valence-electron chi connectivity index (χ4n) is 3.56. The van der Waals surface area contributed by atoms with Crippen molar-refractivity contribution in [3.8, 4) is 5.69 Å². The number of halogens is 1. The zero-order valence-electron chi connectivity index (χ0n) is 15.9. The van der Waals surface area contributed by atoms with Crippen molar-refractivity contribution < 1.29 is 0 Å². The number of anilines is 1. The van der Waals surface area contributed by atoms with Gasteiger partial charge in [-0.1, -0.05) is 23.7 Å². The summed E-state index contributed by atoms with van der Waals surface area (Å²) in [5, 5.41) is 5.01. The lowest BCUT2D eigenvalue weighted by molar-refractivity contribution is 0.772. The van der Waals surface area contributed by atoms with Crippen LogP contribution < -0.4 is 10.9 Å². The van der Waals surface area contributed by atoms with Gasteiger partial charge < -0.3 is 10.3 Å². The minimum Gasteiger partial charge on any atom is -0.360 e. The summed E-state index contributed by atoms with van der Waals surface area (Å²) < 4.78 is 1.63. The molecule has 0 aliphatic heterocycles. The Hall–Kier alpha value is -3.78. The highest BCUT2D eigenvalue weighted by Crippen LogP contribution is 2.27. The van der Waals surface area contributed by atoms with E-state index in [1.54, 1.807) is 35.4 Å². The van der Waals surface area contributed by atoms with Crippen LogP contribution in [0, 0.1) is 0 Å². The Morgan fingerprint density at radius 2 is 2.07 bits per heavy atom. The number of nitrogens with one attached hydrogen (secondary N) is 2. The van der Waals surface area contributed by atoms with Crippen LogP contribution in [0.5, 0.6) is 0 Å². The van der Waals surface area contributed by atoms with Crippen molar-refractivity contribution in [3.05, 3.63) is 82.5 Å². The van der Waals surface area contributed by atoms with Crippen molar-refractivity contribution in [1.82, 2.24) is 29.5 Å². The van der Waals surface area contributed by atoms with Crippen molar-refractivity contribution >= 4 is 39.4 Å². The molecule has 0 fully saturated rings. The average molecular weight is 418 g/mol. The maximum Gasteiger partial charge on any atom is 0.264 e. The van der Waals surface area contributed by atoms with E-state index in [1.807, 2.05) is 31.2 Å². The summed E-state index contributed by atoms with van der Waals surface area (Å²) in [6.07, 6.45) is 6.35. The summed E-state index contributed by atoms with van der Waals surface area (Å²) in [6, 6.07) is 10.7. The van der Waals surface area contributed by atoms with Gasteiger partial charge in [0.2, 0.25) is 0 Å². The molecule has 1 aromatic carbocycles.